The molecule has 0 radical (unpaired) electrons. The van der Waals surface area contributed by atoms with Crippen molar-refractivity contribution in [3.05, 3.63) is 27.7 Å². The van der Waals surface area contributed by atoms with Gasteiger partial charge in [-0.3, -0.25) is 0 Å². The fraction of sp³-hybridized carbons (Fsp3) is 0.333. The summed E-state index contributed by atoms with van der Waals surface area (Å²) in [5, 5.41) is 3.27. The zero-order chi connectivity index (χ0) is 14.4. The maximum absolute atomic E-state index is 11.7. The topological polar surface area (TPSA) is 64.6 Å². The highest BCUT2D eigenvalue weighted by molar-refractivity contribution is 9.10. The lowest BCUT2D eigenvalue weighted by Crippen LogP contribution is -2.39. The molecule has 104 valence electrons. The largest absolute Gasteiger partial charge is 0.467 e. The Kier molecular flexibility index (Phi) is 6.11. The Morgan fingerprint density at radius 2 is 2.11 bits per heavy atom. The highest BCUT2D eigenvalue weighted by Gasteiger charge is 2.29. The third-order valence-corrected chi connectivity index (χ3v) is 3.40. The van der Waals surface area contributed by atoms with Crippen molar-refractivity contribution in [3.8, 4) is 0 Å². The molecule has 1 rings (SSSR count). The molecule has 1 unspecified atom stereocenters. The van der Waals surface area contributed by atoms with Crippen LogP contribution < -0.4 is 5.32 Å². The summed E-state index contributed by atoms with van der Waals surface area (Å²) in [5.74, 6) is -1.41. The minimum atomic E-state index is -1.21. The van der Waals surface area contributed by atoms with E-state index in [0.29, 0.717) is 15.2 Å². The van der Waals surface area contributed by atoms with Gasteiger partial charge in [-0.25, -0.2) is 9.59 Å². The Labute approximate surface area is 124 Å². The zero-order valence-electron chi connectivity index (χ0n) is 10.4. The molecule has 1 aromatic carbocycles. The van der Waals surface area contributed by atoms with Crippen molar-refractivity contribution in [2.24, 2.45) is 0 Å². The second kappa shape index (κ2) is 7.35. The average Bonchev–Trinajstić information content (AvgIpc) is 2.39. The molecule has 19 heavy (non-hydrogen) atoms. The zero-order valence-corrected chi connectivity index (χ0v) is 12.7. The van der Waals surface area contributed by atoms with Gasteiger partial charge in [0.25, 0.3) is 0 Å². The molecule has 0 bridgehead atoms. The maximum Gasteiger partial charge on any atom is 0.340 e. The Balaban J connectivity index is 2.90. The predicted octanol–water partition coefficient (Wildman–Crippen LogP) is 2.62. The summed E-state index contributed by atoms with van der Waals surface area (Å²) in [6.07, 6.45) is 0. The molecule has 0 aliphatic carbocycles. The standard InChI is InChI=1S/C12H13BrClNO4/c1-3-19-12(17)10(11(16)18-2)15-7-4-5-9(14)8(13)6-7/h4-6,10,15H,3H2,1-2H3. The second-order valence-corrected chi connectivity index (χ2v) is 4.74. The molecule has 0 aliphatic heterocycles. The number of carbonyl (C=O) groups excluding carboxylic acids is 2. The number of ether oxygens (including phenoxy) is 2. The smallest absolute Gasteiger partial charge is 0.340 e. The van der Waals surface area contributed by atoms with E-state index in [1.807, 2.05) is 0 Å². The summed E-state index contributed by atoms with van der Waals surface area (Å²) >= 11 is 9.11. The van der Waals surface area contributed by atoms with Gasteiger partial charge in [0.15, 0.2) is 0 Å². The van der Waals surface area contributed by atoms with Crippen molar-refractivity contribution in [2.75, 3.05) is 19.0 Å². The van der Waals surface area contributed by atoms with Gasteiger partial charge in [0.2, 0.25) is 6.04 Å². The van der Waals surface area contributed by atoms with Gasteiger partial charge in [0.05, 0.1) is 18.7 Å². The molecule has 0 saturated heterocycles. The van der Waals surface area contributed by atoms with Crippen LogP contribution in [-0.2, 0) is 19.1 Å². The molecule has 0 aromatic heterocycles. The van der Waals surface area contributed by atoms with Crippen LogP contribution in [0.3, 0.4) is 0 Å². The Morgan fingerprint density at radius 3 is 2.63 bits per heavy atom. The lowest BCUT2D eigenvalue weighted by atomic mass is 10.2. The summed E-state index contributed by atoms with van der Waals surface area (Å²) in [5.41, 5.74) is 0.541. The number of esters is 2. The van der Waals surface area contributed by atoms with Crippen molar-refractivity contribution in [3.63, 3.8) is 0 Å². The van der Waals surface area contributed by atoms with E-state index in [0.717, 1.165) is 0 Å². The highest BCUT2D eigenvalue weighted by Crippen LogP contribution is 2.26. The molecule has 5 nitrogen and oxygen atoms in total. The number of rotatable bonds is 5. The van der Waals surface area contributed by atoms with Gasteiger partial charge in [-0.15, -0.1) is 0 Å². The summed E-state index contributed by atoms with van der Waals surface area (Å²) in [6, 6.07) is 3.71. The van der Waals surface area contributed by atoms with Crippen LogP contribution in [0.25, 0.3) is 0 Å². The van der Waals surface area contributed by atoms with E-state index in [1.54, 1.807) is 25.1 Å². The van der Waals surface area contributed by atoms with Crippen LogP contribution in [0.4, 0.5) is 5.69 Å². The monoisotopic (exact) mass is 349 g/mol. The number of benzene rings is 1. The van der Waals surface area contributed by atoms with E-state index in [2.05, 4.69) is 26.0 Å². The van der Waals surface area contributed by atoms with Gasteiger partial charge in [-0.1, -0.05) is 11.6 Å². The van der Waals surface area contributed by atoms with E-state index in [9.17, 15) is 9.59 Å². The van der Waals surface area contributed by atoms with Crippen molar-refractivity contribution >= 4 is 45.2 Å². The Hall–Kier alpha value is -1.27. The first-order valence-corrected chi connectivity index (χ1v) is 6.62. The molecule has 0 spiro atoms. The molecule has 1 atom stereocenters. The molecule has 1 aromatic rings. The third-order valence-electron chi connectivity index (χ3n) is 2.19. The van der Waals surface area contributed by atoms with Gasteiger partial charge < -0.3 is 14.8 Å². The lowest BCUT2D eigenvalue weighted by Gasteiger charge is -2.16. The van der Waals surface area contributed by atoms with E-state index in [-0.39, 0.29) is 6.61 Å². The Morgan fingerprint density at radius 1 is 1.42 bits per heavy atom. The van der Waals surface area contributed by atoms with Gasteiger partial charge >= 0.3 is 11.9 Å². The van der Waals surface area contributed by atoms with Gasteiger partial charge in [0, 0.05) is 10.2 Å². The van der Waals surface area contributed by atoms with Crippen molar-refractivity contribution in [2.45, 2.75) is 13.0 Å². The fourth-order valence-electron chi connectivity index (χ4n) is 1.31. The SMILES string of the molecule is CCOC(=O)C(Nc1ccc(Cl)c(Br)c1)C(=O)OC. The van der Waals surface area contributed by atoms with E-state index in [4.69, 9.17) is 16.3 Å². The third kappa shape index (κ3) is 4.40. The molecule has 0 fully saturated rings. The lowest BCUT2D eigenvalue weighted by molar-refractivity contribution is -0.154. The predicted molar refractivity (Wildman–Crippen MR) is 75.2 cm³/mol. The van der Waals surface area contributed by atoms with Crippen LogP contribution in [0.15, 0.2) is 22.7 Å². The molecular formula is C12H13BrClNO4. The van der Waals surface area contributed by atoms with Gasteiger partial charge in [-0.05, 0) is 41.1 Å². The van der Waals surface area contributed by atoms with Gasteiger partial charge in [0.1, 0.15) is 0 Å². The Bertz CT molecular complexity index is 481. The molecule has 0 aliphatic rings. The molecule has 1 N–H and O–H groups in total. The first-order valence-electron chi connectivity index (χ1n) is 5.45. The summed E-state index contributed by atoms with van der Waals surface area (Å²) < 4.78 is 10.0. The fourth-order valence-corrected chi connectivity index (χ4v) is 1.81. The van der Waals surface area contributed by atoms with Crippen molar-refractivity contribution in [1.82, 2.24) is 0 Å². The van der Waals surface area contributed by atoms with E-state index < -0.39 is 18.0 Å². The molecule has 0 heterocycles. The average molecular weight is 351 g/mol. The number of nitrogens with one attached hydrogen (secondary N) is 1. The summed E-state index contributed by atoms with van der Waals surface area (Å²) in [4.78, 5) is 23.2. The van der Waals surface area contributed by atoms with Crippen LogP contribution in [0.1, 0.15) is 6.92 Å². The second-order valence-electron chi connectivity index (χ2n) is 3.48. The van der Waals surface area contributed by atoms with Crippen LogP contribution in [-0.4, -0.2) is 31.7 Å². The summed E-state index contributed by atoms with van der Waals surface area (Å²) in [6.45, 7) is 1.84. The van der Waals surface area contributed by atoms with Crippen LogP contribution >= 0.6 is 27.5 Å². The first-order chi connectivity index (χ1) is 8.99. The van der Waals surface area contributed by atoms with Crippen molar-refractivity contribution in [1.29, 1.82) is 0 Å². The normalized spacial score (nSPS) is 11.6. The van der Waals surface area contributed by atoms with Crippen LogP contribution in [0, 0.1) is 0 Å². The number of hydrogen-bond acceptors (Lipinski definition) is 5. The number of methoxy groups -OCH3 is 1. The molecule has 7 heteroatoms. The molecule has 0 saturated carbocycles. The number of hydrogen-bond donors (Lipinski definition) is 1. The summed E-state index contributed by atoms with van der Waals surface area (Å²) in [7, 11) is 1.20. The van der Waals surface area contributed by atoms with E-state index >= 15 is 0 Å². The first kappa shape index (κ1) is 15.8. The number of carbonyl (C=O) groups is 2. The molecular weight excluding hydrogens is 337 g/mol. The molecule has 0 amide bonds. The highest BCUT2D eigenvalue weighted by atomic mass is 79.9. The van der Waals surface area contributed by atoms with Crippen molar-refractivity contribution < 1.29 is 19.1 Å². The maximum atomic E-state index is 11.7. The minimum Gasteiger partial charge on any atom is -0.467 e. The minimum absolute atomic E-state index is 0.179. The number of anilines is 1. The van der Waals surface area contributed by atoms with Crippen LogP contribution in [0.2, 0.25) is 5.02 Å². The quantitative estimate of drug-likeness (QED) is 0.653. The number of halogens is 2. The van der Waals surface area contributed by atoms with Crippen LogP contribution in [0.5, 0.6) is 0 Å². The van der Waals surface area contributed by atoms with Gasteiger partial charge in [-0.2, -0.15) is 0 Å². The van der Waals surface area contributed by atoms with E-state index in [1.165, 1.54) is 7.11 Å².